The molecule has 0 aliphatic rings. The number of hydrogen-bond donors (Lipinski definition) is 1. The van der Waals surface area contributed by atoms with Crippen molar-refractivity contribution in [3.8, 4) is 6.07 Å². The Labute approximate surface area is 96.5 Å². The first-order valence-electron chi connectivity index (χ1n) is 4.91. The second-order valence-electron chi connectivity index (χ2n) is 3.55. The number of aryl methyl sites for hydroxylation is 1. The fourth-order valence-corrected chi connectivity index (χ4v) is 1.74. The van der Waals surface area contributed by atoms with Crippen molar-refractivity contribution in [1.82, 2.24) is 14.9 Å². The van der Waals surface area contributed by atoms with Crippen molar-refractivity contribution >= 4 is 11.9 Å². The Morgan fingerprint density at radius 1 is 1.65 bits per heavy atom. The van der Waals surface area contributed by atoms with Gasteiger partial charge in [-0.1, -0.05) is 6.07 Å². The van der Waals surface area contributed by atoms with Crippen molar-refractivity contribution in [2.45, 2.75) is 13.0 Å². The molecule has 0 bridgehead atoms. The van der Waals surface area contributed by atoms with Crippen LogP contribution in [0.2, 0.25) is 0 Å². The van der Waals surface area contributed by atoms with E-state index in [1.807, 2.05) is 6.07 Å². The number of carbonyl (C=O) groups excluding carboxylic acids is 1. The Hall–Kier alpha value is -2.42. The lowest BCUT2D eigenvalue weighted by Gasteiger charge is -2.07. The fraction of sp³-hybridized carbons (Fsp3) is 0.182. The summed E-state index contributed by atoms with van der Waals surface area (Å²) in [5.74, 6) is -0.514. The largest absolute Gasteiger partial charge is 0.339 e. The number of hydrogen-bond acceptors (Lipinski definition) is 3. The van der Waals surface area contributed by atoms with Gasteiger partial charge in [0.2, 0.25) is 12.4 Å². The van der Waals surface area contributed by atoms with Crippen LogP contribution in [0.25, 0.3) is 5.52 Å². The SMILES string of the molecule is Cc1ccc(F)n2ncc(C(C#N)NC=O)c12. The maximum absolute atomic E-state index is 13.5. The third-order valence-electron chi connectivity index (χ3n) is 2.52. The van der Waals surface area contributed by atoms with E-state index in [0.29, 0.717) is 17.5 Å². The third kappa shape index (κ3) is 1.72. The number of fused-ring (bicyclic) bond motifs is 1. The minimum Gasteiger partial charge on any atom is -0.339 e. The number of nitriles is 1. The van der Waals surface area contributed by atoms with Crippen LogP contribution in [-0.4, -0.2) is 16.0 Å². The molecule has 0 aliphatic carbocycles. The van der Waals surface area contributed by atoms with E-state index in [9.17, 15) is 9.18 Å². The van der Waals surface area contributed by atoms with Gasteiger partial charge in [-0.25, -0.2) is 4.52 Å². The van der Waals surface area contributed by atoms with Gasteiger partial charge in [0.25, 0.3) is 0 Å². The molecule has 1 unspecified atom stereocenters. The number of rotatable bonds is 3. The van der Waals surface area contributed by atoms with Crippen LogP contribution in [0.4, 0.5) is 4.39 Å². The average Bonchev–Trinajstić information content (AvgIpc) is 2.76. The van der Waals surface area contributed by atoms with Crippen LogP contribution < -0.4 is 5.32 Å². The van der Waals surface area contributed by atoms with Gasteiger partial charge in [-0.2, -0.15) is 14.8 Å². The quantitative estimate of drug-likeness (QED) is 0.636. The summed E-state index contributed by atoms with van der Waals surface area (Å²) in [7, 11) is 0. The van der Waals surface area contributed by atoms with Crippen LogP contribution in [0.1, 0.15) is 17.2 Å². The zero-order valence-corrected chi connectivity index (χ0v) is 9.01. The summed E-state index contributed by atoms with van der Waals surface area (Å²) >= 11 is 0. The van der Waals surface area contributed by atoms with E-state index < -0.39 is 12.0 Å². The maximum atomic E-state index is 13.5. The van der Waals surface area contributed by atoms with Crippen LogP contribution in [-0.2, 0) is 4.79 Å². The molecule has 0 aliphatic heterocycles. The molecule has 2 aromatic rings. The van der Waals surface area contributed by atoms with Gasteiger partial charge in [0.1, 0.15) is 6.04 Å². The second kappa shape index (κ2) is 4.22. The third-order valence-corrected chi connectivity index (χ3v) is 2.52. The lowest BCUT2D eigenvalue weighted by atomic mass is 10.1. The number of carbonyl (C=O) groups is 1. The second-order valence-corrected chi connectivity index (χ2v) is 3.55. The first-order chi connectivity index (χ1) is 8.19. The molecule has 5 nitrogen and oxygen atoms in total. The molecule has 1 N–H and O–H groups in total. The van der Waals surface area contributed by atoms with Gasteiger partial charge < -0.3 is 5.32 Å². The van der Waals surface area contributed by atoms with Crippen LogP contribution in [0, 0.1) is 24.2 Å². The highest BCUT2D eigenvalue weighted by Gasteiger charge is 2.17. The van der Waals surface area contributed by atoms with Crippen molar-refractivity contribution in [3.05, 3.63) is 35.4 Å². The van der Waals surface area contributed by atoms with Crippen molar-refractivity contribution < 1.29 is 9.18 Å². The lowest BCUT2D eigenvalue weighted by Crippen LogP contribution is -2.17. The van der Waals surface area contributed by atoms with Crippen LogP contribution in [0.15, 0.2) is 18.3 Å². The Morgan fingerprint density at radius 2 is 2.41 bits per heavy atom. The monoisotopic (exact) mass is 232 g/mol. The normalized spacial score (nSPS) is 12.1. The van der Waals surface area contributed by atoms with Gasteiger partial charge in [0, 0.05) is 5.56 Å². The van der Waals surface area contributed by atoms with Crippen molar-refractivity contribution in [3.63, 3.8) is 0 Å². The van der Waals surface area contributed by atoms with Crippen LogP contribution >= 0.6 is 0 Å². The molecular formula is C11H9FN4O. The molecule has 0 aromatic carbocycles. The average molecular weight is 232 g/mol. The van der Waals surface area contributed by atoms with Crippen molar-refractivity contribution in [1.29, 1.82) is 5.26 Å². The first-order valence-corrected chi connectivity index (χ1v) is 4.91. The van der Waals surface area contributed by atoms with Crippen LogP contribution in [0.5, 0.6) is 0 Å². The topological polar surface area (TPSA) is 70.2 Å². The summed E-state index contributed by atoms with van der Waals surface area (Å²) in [5, 5.41) is 15.2. The van der Waals surface area contributed by atoms with Gasteiger partial charge in [-0.15, -0.1) is 0 Å². The zero-order valence-electron chi connectivity index (χ0n) is 9.01. The van der Waals surface area contributed by atoms with E-state index in [0.717, 1.165) is 10.1 Å². The molecule has 17 heavy (non-hydrogen) atoms. The molecule has 0 radical (unpaired) electrons. The van der Waals surface area contributed by atoms with Gasteiger partial charge in [-0.05, 0) is 18.6 Å². The number of amides is 1. The maximum Gasteiger partial charge on any atom is 0.214 e. The number of nitrogens with one attached hydrogen (secondary N) is 1. The Bertz CT molecular complexity index is 614. The zero-order chi connectivity index (χ0) is 12.4. The van der Waals surface area contributed by atoms with Gasteiger partial charge >= 0.3 is 0 Å². The highest BCUT2D eigenvalue weighted by molar-refractivity contribution is 5.63. The fourth-order valence-electron chi connectivity index (χ4n) is 1.74. The summed E-state index contributed by atoms with van der Waals surface area (Å²) in [6, 6.07) is 4.00. The van der Waals surface area contributed by atoms with Gasteiger partial charge in [0.15, 0.2) is 0 Å². The molecule has 0 fully saturated rings. The predicted octanol–water partition coefficient (Wildman–Crippen LogP) is 1.09. The molecule has 2 heterocycles. The van der Waals surface area contributed by atoms with Gasteiger partial charge in [0.05, 0.1) is 17.8 Å². The Balaban J connectivity index is 2.67. The molecule has 0 spiro atoms. The van der Waals surface area contributed by atoms with E-state index in [2.05, 4.69) is 10.4 Å². The lowest BCUT2D eigenvalue weighted by molar-refractivity contribution is -0.109. The first kappa shape index (κ1) is 11.1. The molecule has 0 saturated carbocycles. The van der Waals surface area contributed by atoms with E-state index >= 15 is 0 Å². The van der Waals surface area contributed by atoms with Gasteiger partial charge in [-0.3, -0.25) is 4.79 Å². The Morgan fingerprint density at radius 3 is 3.06 bits per heavy atom. The number of aromatic nitrogens is 2. The minimum absolute atomic E-state index is 0.437. The minimum atomic E-state index is -0.828. The molecule has 2 rings (SSSR count). The van der Waals surface area contributed by atoms with Crippen LogP contribution in [0.3, 0.4) is 0 Å². The number of nitrogens with zero attached hydrogens (tertiary/aromatic N) is 3. The summed E-state index contributed by atoms with van der Waals surface area (Å²) in [6.45, 7) is 1.79. The molecule has 2 aromatic heterocycles. The summed E-state index contributed by atoms with van der Waals surface area (Å²) in [6.07, 6.45) is 1.82. The van der Waals surface area contributed by atoms with E-state index in [1.165, 1.54) is 12.3 Å². The summed E-state index contributed by atoms with van der Waals surface area (Å²) in [5.41, 5.74) is 1.77. The number of halogens is 1. The standard InChI is InChI=1S/C11H9FN4O/c1-7-2-3-10(12)16-11(7)8(5-15-16)9(4-13)14-6-17/h2-3,5-6,9H,1H3,(H,14,17). The number of pyridine rings is 1. The highest BCUT2D eigenvalue weighted by Crippen LogP contribution is 2.22. The summed E-state index contributed by atoms with van der Waals surface area (Å²) in [4.78, 5) is 10.4. The summed E-state index contributed by atoms with van der Waals surface area (Å²) < 4.78 is 14.6. The molecule has 1 atom stereocenters. The molecule has 86 valence electrons. The van der Waals surface area contributed by atoms with E-state index in [1.54, 1.807) is 13.0 Å². The smallest absolute Gasteiger partial charge is 0.214 e. The van der Waals surface area contributed by atoms with E-state index in [-0.39, 0.29) is 0 Å². The van der Waals surface area contributed by atoms with E-state index in [4.69, 9.17) is 5.26 Å². The van der Waals surface area contributed by atoms with Crippen molar-refractivity contribution in [2.24, 2.45) is 0 Å². The molecule has 0 saturated heterocycles. The Kier molecular flexibility index (Phi) is 2.75. The molecule has 6 heteroatoms. The highest BCUT2D eigenvalue weighted by atomic mass is 19.1. The predicted molar refractivity (Wildman–Crippen MR) is 57.4 cm³/mol. The molecular weight excluding hydrogens is 223 g/mol. The van der Waals surface area contributed by atoms with Crippen molar-refractivity contribution in [2.75, 3.05) is 0 Å². The molecule has 1 amide bonds.